The van der Waals surface area contributed by atoms with Crippen LogP contribution in [0.3, 0.4) is 0 Å². The fourth-order valence-electron chi connectivity index (χ4n) is 8.10. The summed E-state index contributed by atoms with van der Waals surface area (Å²) in [5.74, 6) is -11.1. The molecule has 30 heteroatoms. The van der Waals surface area contributed by atoms with Crippen LogP contribution in [0.25, 0.3) is 0 Å². The maximum atomic E-state index is 14.3. The van der Waals surface area contributed by atoms with Crippen LogP contribution in [0.15, 0.2) is 0 Å². The number of hydrogen-bond donors (Lipinski definition) is 19. The van der Waals surface area contributed by atoms with Crippen LogP contribution in [0.1, 0.15) is 119 Å². The van der Waals surface area contributed by atoms with Gasteiger partial charge in [0.25, 0.3) is 0 Å². The van der Waals surface area contributed by atoms with Crippen LogP contribution in [0.2, 0.25) is 0 Å². The van der Waals surface area contributed by atoms with Gasteiger partial charge in [-0.3, -0.25) is 52.7 Å². The first-order valence-electron chi connectivity index (χ1n) is 27.1. The number of amides is 11. The Hall–Kier alpha value is -6.15. The van der Waals surface area contributed by atoms with Crippen LogP contribution in [-0.4, -0.2) is 203 Å². The van der Waals surface area contributed by atoms with Gasteiger partial charge in [0.2, 0.25) is 65.0 Å². The van der Waals surface area contributed by atoms with Gasteiger partial charge in [0.15, 0.2) is 0 Å². The van der Waals surface area contributed by atoms with Crippen molar-refractivity contribution in [3.05, 3.63) is 0 Å². The highest BCUT2D eigenvalue weighted by Crippen LogP contribution is 2.11. The summed E-state index contributed by atoms with van der Waals surface area (Å²) >= 11 is 0. The number of unbranched alkanes of at least 4 members (excludes halogenated alkanes) is 4. The van der Waals surface area contributed by atoms with Crippen LogP contribution >= 0.6 is 0 Å². The maximum absolute atomic E-state index is 14.3. The van der Waals surface area contributed by atoms with E-state index in [9.17, 15) is 73.2 Å². The molecular formula is C49H91N15O15. The second-order valence-corrected chi connectivity index (χ2v) is 20.0. The van der Waals surface area contributed by atoms with E-state index < -0.39 is 163 Å². The zero-order valence-electron chi connectivity index (χ0n) is 46.4. The first kappa shape index (κ1) is 70.9. The molecule has 0 saturated carbocycles. The van der Waals surface area contributed by atoms with Crippen molar-refractivity contribution in [3.63, 3.8) is 0 Å². The second kappa shape index (κ2) is 37.7. The lowest BCUT2D eigenvalue weighted by atomic mass is 10.0. The van der Waals surface area contributed by atoms with Crippen molar-refractivity contribution in [2.24, 2.45) is 28.9 Å². The van der Waals surface area contributed by atoms with Gasteiger partial charge in [-0.1, -0.05) is 46.5 Å². The molecule has 452 valence electrons. The molecule has 0 spiro atoms. The largest absolute Gasteiger partial charge is 0.394 e. The molecule has 0 aromatic carbocycles. The molecule has 0 bridgehead atoms. The summed E-state index contributed by atoms with van der Waals surface area (Å²) < 4.78 is 0. The minimum atomic E-state index is -1.79. The van der Waals surface area contributed by atoms with Crippen LogP contribution < -0.4 is 81.4 Å². The first-order chi connectivity index (χ1) is 37.3. The maximum Gasteiger partial charge on any atom is 0.245 e. The molecule has 79 heavy (non-hydrogen) atoms. The minimum absolute atomic E-state index is 0.0236. The molecule has 1 rings (SSSR count). The van der Waals surface area contributed by atoms with Crippen LogP contribution in [0.4, 0.5) is 0 Å². The summed E-state index contributed by atoms with van der Waals surface area (Å²) in [4.78, 5) is 151. The molecule has 13 atom stereocenters. The van der Waals surface area contributed by atoms with Gasteiger partial charge in [-0.2, -0.15) is 0 Å². The average molecular weight is 1130 g/mol. The third-order valence-electron chi connectivity index (χ3n) is 12.6. The number of carbonyl (C=O) groups excluding carboxylic acids is 11. The van der Waals surface area contributed by atoms with Gasteiger partial charge in [-0.25, -0.2) is 0 Å². The lowest BCUT2D eigenvalue weighted by molar-refractivity contribution is -0.137. The van der Waals surface area contributed by atoms with E-state index >= 15 is 0 Å². The Balaban J connectivity index is 3.77. The van der Waals surface area contributed by atoms with Crippen LogP contribution in [0.5, 0.6) is 0 Å². The van der Waals surface area contributed by atoms with E-state index in [2.05, 4.69) is 65.4 Å². The van der Waals surface area contributed by atoms with E-state index in [-0.39, 0.29) is 70.6 Å². The summed E-state index contributed by atoms with van der Waals surface area (Å²) in [6, 6.07) is -16.0. The van der Waals surface area contributed by atoms with Gasteiger partial charge >= 0.3 is 0 Å². The molecule has 23 N–H and O–H groups in total. The number of carbonyl (C=O) groups is 11. The molecule has 11 amide bonds. The van der Waals surface area contributed by atoms with E-state index in [1.807, 2.05) is 0 Å². The lowest BCUT2D eigenvalue weighted by Crippen LogP contribution is -2.62. The van der Waals surface area contributed by atoms with Crippen molar-refractivity contribution in [2.75, 3.05) is 39.3 Å². The van der Waals surface area contributed by atoms with Crippen molar-refractivity contribution >= 4 is 65.0 Å². The number of rotatable bonds is 27. The summed E-state index contributed by atoms with van der Waals surface area (Å²) in [6.07, 6.45) is -1.71. The summed E-state index contributed by atoms with van der Waals surface area (Å²) in [7, 11) is 0. The quantitative estimate of drug-likeness (QED) is 0.0340. The zero-order valence-corrected chi connectivity index (χ0v) is 46.4. The van der Waals surface area contributed by atoms with E-state index in [0.29, 0.717) is 6.42 Å². The van der Waals surface area contributed by atoms with E-state index in [1.54, 1.807) is 13.8 Å². The van der Waals surface area contributed by atoms with E-state index in [1.165, 1.54) is 6.92 Å². The standard InChI is InChI=1S/C49H91N15O15/c1-7-8-9-10-11-12-36(69)55-29(13-18-50)44(74)63-38(27(5)67)48(78)58-31(15-20-52)40(70)57-33-17-22-54-47(77)37(26(4)66)62-46(76)35(24-65)61-42(72)32(16-21-53)59-49(79)39(28(6)68)64-45(75)34(23-25(2)3)60-41(71)30(14-19-51)56-43(33)73/h25-35,37-39,65-68H,7-24,50-53H2,1-6H3,(H,54,77)(H,55,69)(H,56,73)(H,57,70)(H,58,78)(H,59,79)(H,60,71)(H,61,72)(H,62,76)(H,63,74)(H,64,75)/t26-,27-,28-,29+,30+,31-,32+,33+,34-,35+,37+,38+,39+/m1/s1. The topological polar surface area (TPSA) is 505 Å². The van der Waals surface area contributed by atoms with E-state index in [4.69, 9.17) is 22.9 Å². The van der Waals surface area contributed by atoms with Crippen molar-refractivity contribution in [2.45, 2.75) is 197 Å². The molecule has 30 nitrogen and oxygen atoms in total. The van der Waals surface area contributed by atoms with Gasteiger partial charge in [-0.05, 0) is 97.8 Å². The first-order valence-corrected chi connectivity index (χ1v) is 27.1. The molecule has 1 aliphatic rings. The predicted molar refractivity (Wildman–Crippen MR) is 287 cm³/mol. The molecule has 1 fully saturated rings. The molecule has 1 heterocycles. The summed E-state index contributed by atoms with van der Waals surface area (Å²) in [6.45, 7) is 6.71. The van der Waals surface area contributed by atoms with E-state index in [0.717, 1.165) is 39.5 Å². The fourth-order valence-corrected chi connectivity index (χ4v) is 8.10. The van der Waals surface area contributed by atoms with Gasteiger partial charge in [0.05, 0.1) is 24.9 Å². The number of nitrogens with one attached hydrogen (secondary N) is 11. The highest BCUT2D eigenvalue weighted by atomic mass is 16.3. The summed E-state index contributed by atoms with van der Waals surface area (Å²) in [5.41, 5.74) is 23.2. The monoisotopic (exact) mass is 1130 g/mol. The number of aliphatic hydroxyl groups is 4. The minimum Gasteiger partial charge on any atom is -0.394 e. The Kier molecular flexibility index (Phi) is 33.8. The van der Waals surface area contributed by atoms with Gasteiger partial charge in [-0.15, -0.1) is 0 Å². The summed E-state index contributed by atoms with van der Waals surface area (Å²) in [5, 5.41) is 68.7. The number of aliphatic hydroxyl groups excluding tert-OH is 4. The molecule has 0 aliphatic carbocycles. The smallest absolute Gasteiger partial charge is 0.245 e. The Morgan fingerprint density at radius 3 is 1.53 bits per heavy atom. The Morgan fingerprint density at radius 2 is 1.04 bits per heavy atom. The lowest BCUT2D eigenvalue weighted by Gasteiger charge is -2.29. The third-order valence-corrected chi connectivity index (χ3v) is 12.6. The fraction of sp³-hybridized carbons (Fsp3) is 0.776. The molecule has 1 saturated heterocycles. The molecule has 0 unspecified atom stereocenters. The molecule has 0 aromatic rings. The van der Waals surface area contributed by atoms with Gasteiger partial charge < -0.3 is 102 Å². The van der Waals surface area contributed by atoms with Crippen molar-refractivity contribution < 1.29 is 73.2 Å². The number of hydrogen-bond acceptors (Lipinski definition) is 19. The predicted octanol–water partition coefficient (Wildman–Crippen LogP) is -7.71. The number of nitrogens with two attached hydrogens (primary N) is 4. The normalized spacial score (nSPS) is 23.8. The van der Waals surface area contributed by atoms with Crippen LogP contribution in [-0.2, 0) is 52.7 Å². The Morgan fingerprint density at radius 1 is 0.557 bits per heavy atom. The highest BCUT2D eigenvalue weighted by Gasteiger charge is 2.38. The molecule has 0 aromatic heterocycles. The van der Waals surface area contributed by atoms with Gasteiger partial charge in [0.1, 0.15) is 60.4 Å². The van der Waals surface area contributed by atoms with Crippen molar-refractivity contribution in [1.29, 1.82) is 0 Å². The Bertz CT molecular complexity index is 2000. The average Bonchev–Trinajstić information content (AvgIpc) is 3.37. The molecule has 0 radical (unpaired) electrons. The molecule has 1 aliphatic heterocycles. The Labute approximate surface area is 461 Å². The van der Waals surface area contributed by atoms with Crippen molar-refractivity contribution in [1.82, 2.24) is 58.5 Å². The van der Waals surface area contributed by atoms with Gasteiger partial charge in [0, 0.05) is 13.0 Å². The third kappa shape index (κ3) is 25.7. The van der Waals surface area contributed by atoms with Crippen LogP contribution in [0, 0.1) is 5.92 Å². The zero-order chi connectivity index (χ0) is 59.9. The molecular weight excluding hydrogens is 1040 g/mol. The second-order valence-electron chi connectivity index (χ2n) is 20.0. The van der Waals surface area contributed by atoms with Crippen molar-refractivity contribution in [3.8, 4) is 0 Å². The highest BCUT2D eigenvalue weighted by molar-refractivity contribution is 5.99. The SMILES string of the molecule is CCCCCCCC(=O)N[C@@H](CCN)C(=O)N[C@H](C(=O)N[C@H](CCN)C(=O)N[C@H]1CCNC(=O)[C@H]([C@@H](C)O)NC(=O)[C@H](CO)NC(=O)[C@H](CCN)NC(=O)[C@H]([C@@H](C)O)NC(=O)[C@@H](CC(C)C)NC(=O)[C@H](CCN)NC1=O)[C@@H](C)O.